The highest BCUT2D eigenvalue weighted by molar-refractivity contribution is 6.11. The molecule has 0 radical (unpaired) electrons. The molecule has 0 aliphatic heterocycles. The third-order valence-corrected chi connectivity index (χ3v) is 4.61. The Balaban J connectivity index is 1.68. The summed E-state index contributed by atoms with van der Waals surface area (Å²) in [6.45, 7) is 0. The summed E-state index contributed by atoms with van der Waals surface area (Å²) in [4.78, 5) is 19.6. The zero-order valence-corrected chi connectivity index (χ0v) is 16.2. The maximum Gasteiger partial charge on any atom is 0.262 e. The van der Waals surface area contributed by atoms with Crippen LogP contribution in [-0.4, -0.2) is 17.2 Å². The van der Waals surface area contributed by atoms with Crippen molar-refractivity contribution >= 4 is 29.2 Å². The topological polar surface area (TPSA) is 52.9 Å². The van der Waals surface area contributed by atoms with Crippen LogP contribution in [0.25, 0.3) is 0 Å². The average molecular weight is 392 g/mol. The van der Waals surface area contributed by atoms with Gasteiger partial charge in [0.1, 0.15) is 5.75 Å². The molecule has 0 spiro atoms. The SMILES string of the molecule is O=C(c1cccc(N=Cc2ccccc2O)c1)N(c1ccccc1)c1ccccc1. The van der Waals surface area contributed by atoms with E-state index in [-0.39, 0.29) is 11.7 Å². The highest BCUT2D eigenvalue weighted by Crippen LogP contribution is 2.28. The number of aromatic hydroxyl groups is 1. The number of hydrogen-bond donors (Lipinski definition) is 1. The van der Waals surface area contributed by atoms with Crippen molar-refractivity contribution in [1.29, 1.82) is 0 Å². The summed E-state index contributed by atoms with van der Waals surface area (Å²) in [5, 5.41) is 9.90. The van der Waals surface area contributed by atoms with Gasteiger partial charge in [-0.15, -0.1) is 0 Å². The number of phenols is 1. The highest BCUT2D eigenvalue weighted by atomic mass is 16.3. The molecule has 0 unspecified atom stereocenters. The van der Waals surface area contributed by atoms with Crippen molar-refractivity contribution in [1.82, 2.24) is 0 Å². The number of carbonyl (C=O) groups is 1. The fraction of sp³-hybridized carbons (Fsp3) is 0. The Kier molecular flexibility index (Phi) is 5.67. The zero-order chi connectivity index (χ0) is 20.8. The third-order valence-electron chi connectivity index (χ3n) is 4.61. The van der Waals surface area contributed by atoms with Crippen LogP contribution in [0.4, 0.5) is 17.1 Å². The number of carbonyl (C=O) groups excluding carboxylic acids is 1. The van der Waals surface area contributed by atoms with Crippen LogP contribution in [0.1, 0.15) is 15.9 Å². The first kappa shape index (κ1) is 19.2. The maximum atomic E-state index is 13.5. The van der Waals surface area contributed by atoms with Crippen LogP contribution in [0.15, 0.2) is 114 Å². The quantitative estimate of drug-likeness (QED) is 0.416. The Bertz CT molecular complexity index is 1130. The second-order valence-corrected chi connectivity index (χ2v) is 6.68. The van der Waals surface area contributed by atoms with Gasteiger partial charge >= 0.3 is 0 Å². The normalized spacial score (nSPS) is 10.8. The Morgan fingerprint density at radius 3 is 1.97 bits per heavy atom. The van der Waals surface area contributed by atoms with Gasteiger partial charge in [0.15, 0.2) is 0 Å². The summed E-state index contributed by atoms with van der Waals surface area (Å²) in [7, 11) is 0. The predicted molar refractivity (Wildman–Crippen MR) is 121 cm³/mol. The van der Waals surface area contributed by atoms with Gasteiger partial charge < -0.3 is 5.11 Å². The lowest BCUT2D eigenvalue weighted by Gasteiger charge is -2.23. The number of anilines is 2. The second-order valence-electron chi connectivity index (χ2n) is 6.68. The number of nitrogens with zero attached hydrogens (tertiary/aromatic N) is 2. The molecule has 0 aliphatic rings. The molecule has 0 saturated heterocycles. The average Bonchev–Trinajstić information content (AvgIpc) is 2.80. The number of aliphatic imine (C=N–C) groups is 1. The van der Waals surface area contributed by atoms with Gasteiger partial charge in [0, 0.05) is 28.7 Å². The van der Waals surface area contributed by atoms with Crippen molar-refractivity contribution < 1.29 is 9.90 Å². The van der Waals surface area contributed by atoms with Crippen LogP contribution in [0.5, 0.6) is 5.75 Å². The van der Waals surface area contributed by atoms with E-state index < -0.39 is 0 Å². The molecule has 0 atom stereocenters. The molecule has 4 heteroatoms. The summed E-state index contributed by atoms with van der Waals surface area (Å²) in [6.07, 6.45) is 1.59. The zero-order valence-electron chi connectivity index (χ0n) is 16.2. The third kappa shape index (κ3) is 4.28. The second kappa shape index (κ2) is 8.88. The van der Waals surface area contributed by atoms with E-state index in [1.54, 1.807) is 47.5 Å². The lowest BCUT2D eigenvalue weighted by molar-refractivity contribution is 0.0999. The molecule has 1 N–H and O–H groups in total. The van der Waals surface area contributed by atoms with Gasteiger partial charge in [-0.05, 0) is 54.6 Å². The molecule has 146 valence electrons. The fourth-order valence-electron chi connectivity index (χ4n) is 3.13. The van der Waals surface area contributed by atoms with E-state index in [0.717, 1.165) is 11.4 Å². The molecule has 0 fully saturated rings. The number of rotatable bonds is 5. The van der Waals surface area contributed by atoms with Gasteiger partial charge in [0.05, 0.1) is 5.69 Å². The van der Waals surface area contributed by atoms with E-state index >= 15 is 0 Å². The molecule has 0 aromatic heterocycles. The Morgan fingerprint density at radius 1 is 0.733 bits per heavy atom. The highest BCUT2D eigenvalue weighted by Gasteiger charge is 2.19. The molecule has 0 heterocycles. The first-order chi connectivity index (χ1) is 14.7. The minimum atomic E-state index is -0.146. The van der Waals surface area contributed by atoms with Crippen LogP contribution in [0.2, 0.25) is 0 Å². The van der Waals surface area contributed by atoms with Crippen molar-refractivity contribution in [3.05, 3.63) is 120 Å². The Labute approximate surface area is 175 Å². The molecular formula is C26H20N2O2. The van der Waals surface area contributed by atoms with E-state index in [4.69, 9.17) is 0 Å². The lowest BCUT2D eigenvalue weighted by Crippen LogP contribution is -2.25. The maximum absolute atomic E-state index is 13.5. The predicted octanol–water partition coefficient (Wildman–Crippen LogP) is 6.12. The number of hydrogen-bond acceptors (Lipinski definition) is 3. The van der Waals surface area contributed by atoms with Gasteiger partial charge in [-0.3, -0.25) is 14.7 Å². The fourth-order valence-corrected chi connectivity index (χ4v) is 3.13. The molecule has 1 amide bonds. The number of amides is 1. The van der Waals surface area contributed by atoms with Crippen molar-refractivity contribution in [2.75, 3.05) is 4.90 Å². The molecule has 4 nitrogen and oxygen atoms in total. The molecule has 0 bridgehead atoms. The van der Waals surface area contributed by atoms with Crippen LogP contribution in [0, 0.1) is 0 Å². The molecule has 4 aromatic rings. The van der Waals surface area contributed by atoms with Gasteiger partial charge in [-0.1, -0.05) is 54.6 Å². The van der Waals surface area contributed by atoms with Crippen LogP contribution in [0.3, 0.4) is 0 Å². The minimum absolute atomic E-state index is 0.146. The molecule has 4 aromatic carbocycles. The standard InChI is InChI=1S/C26H20N2O2/c29-25-17-8-7-10-21(25)19-27-22-12-9-11-20(18-22)26(30)28(23-13-3-1-4-14-23)24-15-5-2-6-16-24/h1-19,29H. The smallest absolute Gasteiger partial charge is 0.262 e. The van der Waals surface area contributed by atoms with Crippen molar-refractivity contribution in [3.8, 4) is 5.75 Å². The summed E-state index contributed by atoms with van der Waals surface area (Å²) in [5.74, 6) is 0.0137. The first-order valence-corrected chi connectivity index (χ1v) is 9.59. The number of benzene rings is 4. The Hall–Kier alpha value is -4.18. The molecule has 0 saturated carbocycles. The summed E-state index contributed by atoms with van der Waals surface area (Å²) in [5.41, 5.74) is 3.35. The van der Waals surface area contributed by atoms with E-state index in [2.05, 4.69) is 4.99 Å². The van der Waals surface area contributed by atoms with Gasteiger partial charge in [-0.25, -0.2) is 0 Å². The van der Waals surface area contributed by atoms with E-state index in [1.807, 2.05) is 72.8 Å². The van der Waals surface area contributed by atoms with Crippen molar-refractivity contribution in [3.63, 3.8) is 0 Å². The van der Waals surface area contributed by atoms with E-state index in [9.17, 15) is 9.90 Å². The summed E-state index contributed by atoms with van der Waals surface area (Å²) >= 11 is 0. The van der Waals surface area contributed by atoms with Gasteiger partial charge in [0.25, 0.3) is 5.91 Å². The lowest BCUT2D eigenvalue weighted by atomic mass is 10.1. The van der Waals surface area contributed by atoms with E-state index in [1.165, 1.54) is 0 Å². The van der Waals surface area contributed by atoms with Gasteiger partial charge in [0.2, 0.25) is 0 Å². The van der Waals surface area contributed by atoms with Crippen molar-refractivity contribution in [2.45, 2.75) is 0 Å². The van der Waals surface area contributed by atoms with Gasteiger partial charge in [-0.2, -0.15) is 0 Å². The number of phenolic OH excluding ortho intramolecular Hbond substituents is 1. The van der Waals surface area contributed by atoms with Crippen molar-refractivity contribution in [2.24, 2.45) is 4.99 Å². The van der Waals surface area contributed by atoms with Crippen LogP contribution in [-0.2, 0) is 0 Å². The molecule has 30 heavy (non-hydrogen) atoms. The minimum Gasteiger partial charge on any atom is -0.507 e. The monoisotopic (exact) mass is 392 g/mol. The first-order valence-electron chi connectivity index (χ1n) is 9.59. The number of para-hydroxylation sites is 3. The van der Waals surface area contributed by atoms with E-state index in [0.29, 0.717) is 16.8 Å². The summed E-state index contributed by atoms with van der Waals surface area (Å²) in [6, 6.07) is 33.2. The molecule has 0 aliphatic carbocycles. The molecular weight excluding hydrogens is 372 g/mol. The molecule has 4 rings (SSSR count). The Morgan fingerprint density at radius 2 is 1.33 bits per heavy atom. The van der Waals surface area contributed by atoms with Crippen LogP contribution >= 0.6 is 0 Å². The largest absolute Gasteiger partial charge is 0.507 e. The van der Waals surface area contributed by atoms with Crippen LogP contribution < -0.4 is 4.90 Å². The summed E-state index contributed by atoms with van der Waals surface area (Å²) < 4.78 is 0.